The number of nitro groups is 1. The predicted octanol–water partition coefficient (Wildman–Crippen LogP) is 0.698. The lowest BCUT2D eigenvalue weighted by Gasteiger charge is -2.52. The van der Waals surface area contributed by atoms with Gasteiger partial charge in [-0.3, -0.25) is 29.5 Å². The zero-order chi connectivity index (χ0) is 21.1. The van der Waals surface area contributed by atoms with E-state index in [9.17, 15) is 24.5 Å². The van der Waals surface area contributed by atoms with Crippen LogP contribution in [-0.4, -0.2) is 84.3 Å². The Hall–Kier alpha value is -3.01. The van der Waals surface area contributed by atoms with E-state index in [0.717, 1.165) is 22.0 Å². The van der Waals surface area contributed by atoms with E-state index in [4.69, 9.17) is 0 Å². The third-order valence-electron chi connectivity index (χ3n) is 6.45. The molecule has 0 aliphatic carbocycles. The number of nitrogens with zero attached hydrogens (tertiary/aromatic N) is 5. The Morgan fingerprint density at radius 3 is 2.31 bits per heavy atom. The van der Waals surface area contributed by atoms with E-state index in [-0.39, 0.29) is 12.1 Å². The minimum absolute atomic E-state index is 0.0362. The van der Waals surface area contributed by atoms with Crippen LogP contribution in [0.1, 0.15) is 12.0 Å². The number of barbiturate groups is 1. The fraction of sp³-hybridized carbons (Fsp3) is 0.526. The maximum absolute atomic E-state index is 13.4. The molecule has 10 nitrogen and oxygen atoms in total. The highest BCUT2D eigenvalue weighted by Crippen LogP contribution is 2.47. The Morgan fingerprint density at radius 2 is 1.69 bits per heavy atom. The highest BCUT2D eigenvalue weighted by atomic mass is 16.6. The molecule has 1 unspecified atom stereocenters. The van der Waals surface area contributed by atoms with Crippen LogP contribution < -0.4 is 4.90 Å². The first-order chi connectivity index (χ1) is 13.7. The minimum atomic E-state index is -1.48. The molecule has 4 amide bonds. The number of fused-ring (bicyclic) bond motifs is 4. The standard InChI is InChI=1S/C19H23N5O5/c1-20-7-6-15-19(16(25)21(2)18(27)22(3)17(19)26)11-12-10-13(24(28)29)4-5-14(12)23(15)9-8-20/h4-5,10,15H,6-9,11H2,1-3H3. The first kappa shape index (κ1) is 19.3. The number of hydrogen-bond acceptors (Lipinski definition) is 7. The van der Waals surface area contributed by atoms with E-state index >= 15 is 0 Å². The molecule has 0 radical (unpaired) electrons. The number of likely N-dealkylation sites (N-methyl/N-ethyl adjacent to an activating group) is 1. The van der Waals surface area contributed by atoms with E-state index in [1.165, 1.54) is 26.2 Å². The molecule has 1 aromatic carbocycles. The van der Waals surface area contributed by atoms with Crippen molar-refractivity contribution < 1.29 is 19.3 Å². The van der Waals surface area contributed by atoms with E-state index in [1.807, 2.05) is 11.9 Å². The number of urea groups is 1. The van der Waals surface area contributed by atoms with Gasteiger partial charge < -0.3 is 9.80 Å². The number of imide groups is 2. The quantitative estimate of drug-likeness (QED) is 0.387. The van der Waals surface area contributed by atoms with Gasteiger partial charge >= 0.3 is 6.03 Å². The molecule has 1 aromatic rings. The van der Waals surface area contributed by atoms with E-state index in [1.54, 1.807) is 6.07 Å². The fourth-order valence-electron chi connectivity index (χ4n) is 4.90. The zero-order valence-electron chi connectivity index (χ0n) is 16.6. The monoisotopic (exact) mass is 401 g/mol. The number of anilines is 1. The van der Waals surface area contributed by atoms with Crippen molar-refractivity contribution in [2.24, 2.45) is 5.41 Å². The first-order valence-electron chi connectivity index (χ1n) is 9.51. The second-order valence-electron chi connectivity index (χ2n) is 8.03. The predicted molar refractivity (Wildman–Crippen MR) is 103 cm³/mol. The molecular formula is C19H23N5O5. The van der Waals surface area contributed by atoms with Crippen LogP contribution in [0.4, 0.5) is 16.2 Å². The van der Waals surface area contributed by atoms with Gasteiger partial charge in [0.05, 0.1) is 11.0 Å². The van der Waals surface area contributed by atoms with Gasteiger partial charge in [-0.2, -0.15) is 0 Å². The number of rotatable bonds is 1. The van der Waals surface area contributed by atoms with Crippen molar-refractivity contribution in [3.05, 3.63) is 33.9 Å². The van der Waals surface area contributed by atoms with Crippen molar-refractivity contribution in [1.29, 1.82) is 0 Å². The highest BCUT2D eigenvalue weighted by molar-refractivity contribution is 6.20. The number of nitro benzene ring substituents is 1. The molecule has 0 saturated carbocycles. The summed E-state index contributed by atoms with van der Waals surface area (Å²) < 4.78 is 0. The van der Waals surface area contributed by atoms with E-state index in [0.29, 0.717) is 25.1 Å². The fourth-order valence-corrected chi connectivity index (χ4v) is 4.90. The van der Waals surface area contributed by atoms with Gasteiger partial charge in [0, 0.05) is 51.4 Å². The molecule has 0 bridgehead atoms. The minimum Gasteiger partial charge on any atom is -0.365 e. The molecule has 29 heavy (non-hydrogen) atoms. The molecule has 3 aliphatic rings. The zero-order valence-corrected chi connectivity index (χ0v) is 16.6. The number of benzene rings is 1. The van der Waals surface area contributed by atoms with E-state index in [2.05, 4.69) is 4.90 Å². The van der Waals surface area contributed by atoms with Gasteiger partial charge in [-0.15, -0.1) is 0 Å². The van der Waals surface area contributed by atoms with Gasteiger partial charge in [0.2, 0.25) is 11.8 Å². The Labute approximate surface area is 167 Å². The van der Waals surface area contributed by atoms with Crippen LogP contribution in [-0.2, 0) is 16.0 Å². The first-order valence-corrected chi connectivity index (χ1v) is 9.51. The number of carbonyl (C=O) groups is 3. The van der Waals surface area contributed by atoms with Crippen molar-refractivity contribution in [1.82, 2.24) is 14.7 Å². The summed E-state index contributed by atoms with van der Waals surface area (Å²) >= 11 is 0. The van der Waals surface area contributed by atoms with Crippen molar-refractivity contribution in [2.45, 2.75) is 18.9 Å². The average molecular weight is 401 g/mol. The Kier molecular flexibility index (Phi) is 4.34. The summed E-state index contributed by atoms with van der Waals surface area (Å²) in [6.07, 6.45) is 0.606. The third kappa shape index (κ3) is 2.62. The molecule has 0 N–H and O–H groups in total. The molecule has 1 spiro atoms. The second kappa shape index (κ2) is 6.51. The lowest BCUT2D eigenvalue weighted by molar-refractivity contribution is -0.384. The summed E-state index contributed by atoms with van der Waals surface area (Å²) in [5.74, 6) is -1.08. The summed E-state index contributed by atoms with van der Waals surface area (Å²) in [5, 5.41) is 11.3. The number of amides is 4. The third-order valence-corrected chi connectivity index (χ3v) is 6.45. The average Bonchev–Trinajstić information content (AvgIpc) is 2.91. The summed E-state index contributed by atoms with van der Waals surface area (Å²) in [4.78, 5) is 56.2. The van der Waals surface area contributed by atoms with Crippen LogP contribution >= 0.6 is 0 Å². The van der Waals surface area contributed by atoms with Crippen molar-refractivity contribution in [3.63, 3.8) is 0 Å². The lowest BCUT2D eigenvalue weighted by atomic mass is 9.67. The Morgan fingerprint density at radius 1 is 1.03 bits per heavy atom. The van der Waals surface area contributed by atoms with Gasteiger partial charge in [-0.1, -0.05) is 0 Å². The molecule has 3 heterocycles. The Bertz CT molecular complexity index is 908. The molecule has 3 aliphatic heterocycles. The molecule has 0 aromatic heterocycles. The van der Waals surface area contributed by atoms with Gasteiger partial charge in [-0.25, -0.2) is 4.79 Å². The lowest BCUT2D eigenvalue weighted by Crippen LogP contribution is -2.71. The maximum Gasteiger partial charge on any atom is 0.332 e. The van der Waals surface area contributed by atoms with E-state index < -0.39 is 34.2 Å². The summed E-state index contributed by atoms with van der Waals surface area (Å²) in [6.45, 7) is 2.01. The smallest absolute Gasteiger partial charge is 0.332 e. The topological polar surface area (TPSA) is 107 Å². The Balaban J connectivity index is 1.93. The van der Waals surface area contributed by atoms with Crippen LogP contribution in [0.2, 0.25) is 0 Å². The molecule has 4 rings (SSSR count). The van der Waals surface area contributed by atoms with Gasteiger partial charge in [0.15, 0.2) is 5.41 Å². The van der Waals surface area contributed by atoms with Gasteiger partial charge in [0.1, 0.15) is 0 Å². The normalized spacial score (nSPS) is 24.4. The van der Waals surface area contributed by atoms with Gasteiger partial charge in [0.25, 0.3) is 5.69 Å². The molecular weight excluding hydrogens is 378 g/mol. The van der Waals surface area contributed by atoms with Crippen LogP contribution in [0.5, 0.6) is 0 Å². The van der Waals surface area contributed by atoms with Crippen molar-refractivity contribution >= 4 is 29.2 Å². The number of hydrogen-bond donors (Lipinski definition) is 0. The van der Waals surface area contributed by atoms with Gasteiger partial charge in [-0.05, 0) is 31.6 Å². The van der Waals surface area contributed by atoms with Crippen molar-refractivity contribution in [2.75, 3.05) is 45.7 Å². The molecule has 1 atom stereocenters. The molecule has 2 saturated heterocycles. The van der Waals surface area contributed by atoms with Crippen LogP contribution in [0.15, 0.2) is 18.2 Å². The molecule has 154 valence electrons. The highest BCUT2D eigenvalue weighted by Gasteiger charge is 2.63. The molecule has 10 heteroatoms. The van der Waals surface area contributed by atoms with Crippen LogP contribution in [0.3, 0.4) is 0 Å². The summed E-state index contributed by atoms with van der Waals surface area (Å²) in [6, 6.07) is 3.51. The van der Waals surface area contributed by atoms with Crippen LogP contribution in [0.25, 0.3) is 0 Å². The molecule has 2 fully saturated rings. The SMILES string of the molecule is CN1CCC2N(CC1)c1ccc([N+](=O)[O-])cc1CC21C(=O)N(C)C(=O)N(C)C1=O. The maximum atomic E-state index is 13.4. The number of non-ortho nitro benzene ring substituents is 1. The summed E-state index contributed by atoms with van der Waals surface area (Å²) in [7, 11) is 4.74. The number of carbonyl (C=O) groups excluding carboxylic acids is 3. The largest absolute Gasteiger partial charge is 0.365 e. The van der Waals surface area contributed by atoms with Crippen molar-refractivity contribution in [3.8, 4) is 0 Å². The summed E-state index contributed by atoms with van der Waals surface area (Å²) in [5.41, 5.74) is -0.176. The van der Waals surface area contributed by atoms with Crippen LogP contribution in [0, 0.1) is 15.5 Å². The second-order valence-corrected chi connectivity index (χ2v) is 8.03.